The van der Waals surface area contributed by atoms with E-state index in [-0.39, 0.29) is 33.7 Å². The Kier molecular flexibility index (Phi) is 7.36. The largest absolute Gasteiger partial charge is 0.469 e. The van der Waals surface area contributed by atoms with Crippen LogP contribution in [0.3, 0.4) is 0 Å². The van der Waals surface area contributed by atoms with E-state index in [1.807, 2.05) is 24.5 Å². The Morgan fingerprint density at radius 3 is 2.62 bits per heavy atom. The summed E-state index contributed by atoms with van der Waals surface area (Å²) in [5.41, 5.74) is 6.76. The summed E-state index contributed by atoms with van der Waals surface area (Å²) in [5.74, 6) is -0.260. The number of nitrogens with one attached hydrogen (secondary N) is 1. The zero-order valence-electron chi connectivity index (χ0n) is 18.1. The first-order valence-electron chi connectivity index (χ1n) is 9.79. The molecule has 32 heavy (non-hydrogen) atoms. The number of carbonyl (C=O) groups is 3. The lowest BCUT2D eigenvalue weighted by Crippen LogP contribution is -2.17. The summed E-state index contributed by atoms with van der Waals surface area (Å²) in [5, 5.41) is 11.9. The van der Waals surface area contributed by atoms with E-state index in [1.165, 1.54) is 11.8 Å². The van der Waals surface area contributed by atoms with Gasteiger partial charge in [0.25, 0.3) is 5.91 Å². The molecule has 0 bridgehead atoms. The van der Waals surface area contributed by atoms with E-state index < -0.39 is 11.9 Å². The van der Waals surface area contributed by atoms with E-state index in [9.17, 15) is 14.4 Å². The lowest BCUT2D eigenvalue weighted by atomic mass is 10.1. The Labute approximate surface area is 192 Å². The van der Waals surface area contributed by atoms with Gasteiger partial charge in [0.1, 0.15) is 10.8 Å². The minimum atomic E-state index is -0.675. The number of primary amides is 1. The minimum absolute atomic E-state index is 0.0214. The molecule has 170 valence electrons. The van der Waals surface area contributed by atoms with Gasteiger partial charge in [-0.2, -0.15) is 0 Å². The van der Waals surface area contributed by atoms with Crippen LogP contribution in [-0.4, -0.2) is 44.9 Å². The molecule has 0 radical (unpaired) electrons. The van der Waals surface area contributed by atoms with Gasteiger partial charge >= 0.3 is 5.97 Å². The summed E-state index contributed by atoms with van der Waals surface area (Å²) in [6.07, 6.45) is 1.59. The van der Waals surface area contributed by atoms with Crippen LogP contribution in [0.15, 0.2) is 21.9 Å². The minimum Gasteiger partial charge on any atom is -0.469 e. The summed E-state index contributed by atoms with van der Waals surface area (Å²) in [4.78, 5) is 36.9. The quantitative estimate of drug-likeness (QED) is 0.353. The Bertz CT molecular complexity index is 1160. The van der Waals surface area contributed by atoms with Crippen molar-refractivity contribution in [1.29, 1.82) is 0 Å². The number of thioether (sulfide) groups is 1. The highest BCUT2D eigenvalue weighted by molar-refractivity contribution is 7.99. The normalized spacial score (nSPS) is 10.9. The van der Waals surface area contributed by atoms with Crippen LogP contribution < -0.4 is 11.1 Å². The van der Waals surface area contributed by atoms with E-state index in [1.54, 1.807) is 20.1 Å². The average molecular weight is 478 g/mol. The molecule has 0 spiro atoms. The van der Waals surface area contributed by atoms with Crippen molar-refractivity contribution >= 4 is 45.9 Å². The van der Waals surface area contributed by atoms with Gasteiger partial charge in [-0.25, -0.2) is 4.79 Å². The van der Waals surface area contributed by atoms with E-state index in [2.05, 4.69) is 15.5 Å². The van der Waals surface area contributed by atoms with E-state index in [4.69, 9.17) is 14.9 Å². The number of ether oxygens (including phenoxy) is 1. The SMILES string of the molecule is CCOC(=O)c1c(NC(=O)CSc2nnc(-c3ccoc3C)n2CC)sc(C(N)=O)c1C. The van der Waals surface area contributed by atoms with Crippen molar-refractivity contribution in [3.8, 4) is 11.4 Å². The van der Waals surface area contributed by atoms with Crippen molar-refractivity contribution in [3.63, 3.8) is 0 Å². The number of nitrogens with zero attached hydrogens (tertiary/aromatic N) is 3. The number of aryl methyl sites for hydroxylation is 1. The van der Waals surface area contributed by atoms with Gasteiger partial charge in [0, 0.05) is 6.54 Å². The highest BCUT2D eigenvalue weighted by atomic mass is 32.2. The highest BCUT2D eigenvalue weighted by Crippen LogP contribution is 2.34. The summed E-state index contributed by atoms with van der Waals surface area (Å²) in [6, 6.07) is 1.82. The summed E-state index contributed by atoms with van der Waals surface area (Å²) in [7, 11) is 0. The van der Waals surface area contributed by atoms with Crippen LogP contribution in [0.2, 0.25) is 0 Å². The molecule has 0 aromatic carbocycles. The molecular weight excluding hydrogens is 454 g/mol. The van der Waals surface area contributed by atoms with Gasteiger partial charge in [-0.1, -0.05) is 11.8 Å². The second-order valence-electron chi connectivity index (χ2n) is 6.62. The van der Waals surface area contributed by atoms with Crippen LogP contribution in [0.1, 0.15) is 45.2 Å². The lowest BCUT2D eigenvalue weighted by Gasteiger charge is -2.08. The lowest BCUT2D eigenvalue weighted by molar-refractivity contribution is -0.113. The number of thiophene rings is 1. The second kappa shape index (κ2) is 10.0. The molecule has 0 atom stereocenters. The second-order valence-corrected chi connectivity index (χ2v) is 8.59. The number of nitrogens with two attached hydrogens (primary N) is 1. The monoisotopic (exact) mass is 477 g/mol. The smallest absolute Gasteiger partial charge is 0.341 e. The molecule has 0 unspecified atom stereocenters. The number of hydrogen-bond donors (Lipinski definition) is 2. The van der Waals surface area contributed by atoms with Crippen LogP contribution >= 0.6 is 23.1 Å². The maximum atomic E-state index is 12.6. The molecule has 3 aromatic rings. The standard InChI is InChI=1S/C20H23N5O5S2/c1-5-25-17(12-7-8-30-11(12)4)23-24-20(25)31-9-13(26)22-18-14(19(28)29-6-2)10(3)15(32-18)16(21)27/h7-8H,5-6,9H2,1-4H3,(H2,21,27)(H,22,26). The number of amides is 2. The van der Waals surface area contributed by atoms with Crippen LogP contribution in [0.25, 0.3) is 11.4 Å². The Morgan fingerprint density at radius 1 is 1.28 bits per heavy atom. The fourth-order valence-electron chi connectivity index (χ4n) is 3.08. The van der Waals surface area contributed by atoms with Crippen LogP contribution in [0.4, 0.5) is 5.00 Å². The van der Waals surface area contributed by atoms with Crippen molar-refractivity contribution in [3.05, 3.63) is 34.1 Å². The third kappa shape index (κ3) is 4.70. The Hall–Kier alpha value is -3.12. The maximum Gasteiger partial charge on any atom is 0.341 e. The van der Waals surface area contributed by atoms with Gasteiger partial charge < -0.3 is 24.8 Å². The van der Waals surface area contributed by atoms with Crippen molar-refractivity contribution in [1.82, 2.24) is 14.8 Å². The molecule has 2 amide bonds. The zero-order chi connectivity index (χ0) is 23.4. The van der Waals surface area contributed by atoms with Crippen molar-refractivity contribution in [2.45, 2.75) is 39.4 Å². The van der Waals surface area contributed by atoms with E-state index in [0.717, 1.165) is 22.7 Å². The fourth-order valence-corrected chi connectivity index (χ4v) is 4.94. The van der Waals surface area contributed by atoms with Gasteiger partial charge in [0.05, 0.1) is 34.6 Å². The van der Waals surface area contributed by atoms with Gasteiger partial charge in [-0.05, 0) is 39.3 Å². The van der Waals surface area contributed by atoms with Crippen LogP contribution in [-0.2, 0) is 16.1 Å². The number of furan rings is 1. The molecular formula is C20H23N5O5S2. The van der Waals surface area contributed by atoms with Gasteiger partial charge in [0.2, 0.25) is 5.91 Å². The van der Waals surface area contributed by atoms with E-state index in [0.29, 0.717) is 23.1 Å². The summed E-state index contributed by atoms with van der Waals surface area (Å²) >= 11 is 2.16. The van der Waals surface area contributed by atoms with Gasteiger partial charge in [-0.3, -0.25) is 9.59 Å². The van der Waals surface area contributed by atoms with Crippen LogP contribution in [0.5, 0.6) is 0 Å². The third-order valence-electron chi connectivity index (χ3n) is 4.57. The number of hydrogen-bond acceptors (Lipinski definition) is 9. The summed E-state index contributed by atoms with van der Waals surface area (Å²) < 4.78 is 12.3. The first-order valence-corrected chi connectivity index (χ1v) is 11.6. The molecule has 0 aliphatic heterocycles. The van der Waals surface area contributed by atoms with Crippen molar-refractivity contribution in [2.75, 3.05) is 17.7 Å². The predicted octanol–water partition coefficient (Wildman–Crippen LogP) is 3.24. The molecule has 0 saturated heterocycles. The molecule has 0 fully saturated rings. The average Bonchev–Trinajstić information content (AvgIpc) is 3.43. The highest BCUT2D eigenvalue weighted by Gasteiger charge is 2.26. The topological polar surface area (TPSA) is 142 Å². The zero-order valence-corrected chi connectivity index (χ0v) is 19.7. The maximum absolute atomic E-state index is 12.6. The number of rotatable bonds is 9. The predicted molar refractivity (Wildman–Crippen MR) is 121 cm³/mol. The van der Waals surface area contributed by atoms with Gasteiger partial charge in [-0.15, -0.1) is 21.5 Å². The Morgan fingerprint density at radius 2 is 2.03 bits per heavy atom. The molecule has 10 nitrogen and oxygen atoms in total. The molecule has 12 heteroatoms. The first kappa shape index (κ1) is 23.5. The molecule has 3 heterocycles. The van der Waals surface area contributed by atoms with Crippen LogP contribution in [0, 0.1) is 13.8 Å². The molecule has 3 aromatic heterocycles. The first-order chi connectivity index (χ1) is 15.3. The van der Waals surface area contributed by atoms with Crippen molar-refractivity contribution in [2.24, 2.45) is 5.73 Å². The number of esters is 1. The number of anilines is 1. The third-order valence-corrected chi connectivity index (χ3v) is 6.76. The summed E-state index contributed by atoms with van der Waals surface area (Å²) in [6.45, 7) is 7.83. The van der Waals surface area contributed by atoms with E-state index >= 15 is 0 Å². The number of aromatic nitrogens is 3. The van der Waals surface area contributed by atoms with Crippen molar-refractivity contribution < 1.29 is 23.5 Å². The molecule has 3 rings (SSSR count). The fraction of sp³-hybridized carbons (Fsp3) is 0.350. The Balaban J connectivity index is 1.77. The molecule has 0 saturated carbocycles. The number of carbonyl (C=O) groups excluding carboxylic acids is 3. The molecule has 3 N–H and O–H groups in total. The molecule has 0 aliphatic carbocycles. The van der Waals surface area contributed by atoms with Gasteiger partial charge in [0.15, 0.2) is 11.0 Å². The molecule has 0 aliphatic rings.